The Morgan fingerprint density at radius 1 is 1.00 bits per heavy atom. The molecule has 0 bridgehead atoms. The van der Waals surface area contributed by atoms with Gasteiger partial charge < -0.3 is 0 Å². The summed E-state index contributed by atoms with van der Waals surface area (Å²) in [5.74, 6) is 0. The summed E-state index contributed by atoms with van der Waals surface area (Å²) >= 11 is 5.80. The Morgan fingerprint density at radius 2 is 1.65 bits per heavy atom. The zero-order valence-corrected chi connectivity index (χ0v) is 10.3. The highest BCUT2D eigenvalue weighted by molar-refractivity contribution is 6.30. The molecule has 86 valence electrons. The lowest BCUT2D eigenvalue weighted by molar-refractivity contribution is 1.34. The van der Waals surface area contributed by atoms with Crippen LogP contribution in [0.2, 0.25) is 5.02 Å². The van der Waals surface area contributed by atoms with Gasteiger partial charge in [0.15, 0.2) is 0 Å². The topological polar surface area (TPSA) is 24.4 Å². The van der Waals surface area contributed by atoms with Gasteiger partial charge in [0.05, 0.1) is 11.9 Å². The van der Waals surface area contributed by atoms with Gasteiger partial charge in [-0.1, -0.05) is 41.4 Å². The second-order valence-electron chi connectivity index (χ2n) is 3.79. The number of hydrogen-bond donors (Lipinski definition) is 1. The molecule has 0 saturated heterocycles. The van der Waals surface area contributed by atoms with Crippen LogP contribution in [-0.4, -0.2) is 6.21 Å². The van der Waals surface area contributed by atoms with Crippen molar-refractivity contribution in [1.29, 1.82) is 0 Å². The molecule has 2 rings (SSSR count). The standard InChI is InChI=1S/C14H13ClN2/c1-11-2-8-14(9-3-11)17-16-10-12-4-6-13(15)7-5-12/h2-10,17H,1H3/b16-10-. The summed E-state index contributed by atoms with van der Waals surface area (Å²) in [5.41, 5.74) is 6.19. The predicted octanol–water partition coefficient (Wildman–Crippen LogP) is 4.09. The van der Waals surface area contributed by atoms with E-state index in [2.05, 4.69) is 17.5 Å². The number of hydrogen-bond acceptors (Lipinski definition) is 2. The molecule has 0 heterocycles. The maximum Gasteiger partial charge on any atom is 0.0561 e. The molecule has 0 aliphatic rings. The third kappa shape index (κ3) is 3.61. The maximum absolute atomic E-state index is 5.80. The smallest absolute Gasteiger partial charge is 0.0561 e. The van der Waals surface area contributed by atoms with Crippen molar-refractivity contribution < 1.29 is 0 Å². The fourth-order valence-electron chi connectivity index (χ4n) is 1.36. The molecular formula is C14H13ClN2. The largest absolute Gasteiger partial charge is 0.279 e. The number of nitrogens with one attached hydrogen (secondary N) is 1. The lowest BCUT2D eigenvalue weighted by atomic mass is 10.2. The van der Waals surface area contributed by atoms with Crippen LogP contribution in [-0.2, 0) is 0 Å². The molecule has 0 aromatic heterocycles. The van der Waals surface area contributed by atoms with Gasteiger partial charge in [-0.15, -0.1) is 0 Å². The van der Waals surface area contributed by atoms with E-state index in [1.807, 2.05) is 48.5 Å². The molecule has 1 N–H and O–H groups in total. The molecule has 3 heteroatoms. The van der Waals surface area contributed by atoms with E-state index in [0.717, 1.165) is 16.3 Å². The van der Waals surface area contributed by atoms with Gasteiger partial charge in [0.2, 0.25) is 0 Å². The van der Waals surface area contributed by atoms with Crippen molar-refractivity contribution in [2.45, 2.75) is 6.92 Å². The van der Waals surface area contributed by atoms with Crippen LogP contribution in [0.25, 0.3) is 0 Å². The van der Waals surface area contributed by atoms with E-state index in [9.17, 15) is 0 Å². The van der Waals surface area contributed by atoms with E-state index < -0.39 is 0 Å². The van der Waals surface area contributed by atoms with Crippen molar-refractivity contribution in [3.8, 4) is 0 Å². The Hall–Kier alpha value is -1.80. The van der Waals surface area contributed by atoms with Gasteiger partial charge in [0.25, 0.3) is 0 Å². The molecule has 2 aromatic rings. The lowest BCUT2D eigenvalue weighted by Gasteiger charge is -2.00. The Kier molecular flexibility index (Phi) is 3.78. The van der Waals surface area contributed by atoms with Crippen molar-refractivity contribution in [3.63, 3.8) is 0 Å². The van der Waals surface area contributed by atoms with Gasteiger partial charge in [-0.3, -0.25) is 5.43 Å². The van der Waals surface area contributed by atoms with Gasteiger partial charge >= 0.3 is 0 Å². The molecule has 0 saturated carbocycles. The Balaban J connectivity index is 1.97. The average Bonchev–Trinajstić information content (AvgIpc) is 2.34. The first-order chi connectivity index (χ1) is 8.24. The molecule has 0 spiro atoms. The first kappa shape index (κ1) is 11.7. The number of nitrogens with zero attached hydrogens (tertiary/aromatic N) is 1. The number of benzene rings is 2. The third-order valence-electron chi connectivity index (χ3n) is 2.33. The zero-order chi connectivity index (χ0) is 12.1. The molecule has 0 aliphatic heterocycles. The summed E-state index contributed by atoms with van der Waals surface area (Å²) in [5, 5.41) is 4.88. The van der Waals surface area contributed by atoms with Gasteiger partial charge in [-0.25, -0.2) is 0 Å². The minimum Gasteiger partial charge on any atom is -0.279 e. The minimum absolute atomic E-state index is 0.730. The quantitative estimate of drug-likeness (QED) is 0.638. The summed E-state index contributed by atoms with van der Waals surface area (Å²) < 4.78 is 0. The van der Waals surface area contributed by atoms with E-state index >= 15 is 0 Å². The van der Waals surface area contributed by atoms with E-state index in [4.69, 9.17) is 11.6 Å². The number of anilines is 1. The highest BCUT2D eigenvalue weighted by Gasteiger charge is 1.90. The summed E-state index contributed by atoms with van der Waals surface area (Å²) in [4.78, 5) is 0. The van der Waals surface area contributed by atoms with Crippen LogP contribution in [0, 0.1) is 6.92 Å². The Bertz CT molecular complexity index is 501. The monoisotopic (exact) mass is 244 g/mol. The summed E-state index contributed by atoms with van der Waals surface area (Å²) in [6.07, 6.45) is 1.76. The van der Waals surface area contributed by atoms with Gasteiger partial charge in [0.1, 0.15) is 0 Å². The minimum atomic E-state index is 0.730. The fraction of sp³-hybridized carbons (Fsp3) is 0.0714. The molecule has 2 aromatic carbocycles. The first-order valence-corrected chi connectivity index (χ1v) is 5.73. The summed E-state index contributed by atoms with van der Waals surface area (Å²) in [6.45, 7) is 2.06. The molecule has 0 atom stereocenters. The van der Waals surface area contributed by atoms with Crippen molar-refractivity contribution in [2.75, 3.05) is 5.43 Å². The third-order valence-corrected chi connectivity index (χ3v) is 2.58. The van der Waals surface area contributed by atoms with Crippen LogP contribution in [0.4, 0.5) is 5.69 Å². The van der Waals surface area contributed by atoms with Crippen LogP contribution >= 0.6 is 11.6 Å². The summed E-state index contributed by atoms with van der Waals surface area (Å²) in [7, 11) is 0. The highest BCUT2D eigenvalue weighted by Crippen LogP contribution is 2.09. The normalized spacial score (nSPS) is 10.7. The van der Waals surface area contributed by atoms with E-state index in [1.54, 1.807) is 6.21 Å². The van der Waals surface area contributed by atoms with Gasteiger partial charge in [-0.05, 0) is 36.8 Å². The highest BCUT2D eigenvalue weighted by atomic mass is 35.5. The molecule has 0 fully saturated rings. The van der Waals surface area contributed by atoms with Crippen LogP contribution in [0.3, 0.4) is 0 Å². The van der Waals surface area contributed by atoms with Crippen molar-refractivity contribution in [2.24, 2.45) is 5.10 Å². The molecule has 0 radical (unpaired) electrons. The van der Waals surface area contributed by atoms with Crippen LogP contribution in [0.15, 0.2) is 53.6 Å². The van der Waals surface area contributed by atoms with E-state index in [-0.39, 0.29) is 0 Å². The average molecular weight is 245 g/mol. The predicted molar refractivity (Wildman–Crippen MR) is 73.8 cm³/mol. The molecule has 0 amide bonds. The second kappa shape index (κ2) is 5.51. The number of halogens is 1. The molecule has 17 heavy (non-hydrogen) atoms. The van der Waals surface area contributed by atoms with E-state index in [1.165, 1.54) is 5.56 Å². The number of rotatable bonds is 3. The second-order valence-corrected chi connectivity index (χ2v) is 4.22. The Labute approximate surface area is 106 Å². The van der Waals surface area contributed by atoms with E-state index in [0.29, 0.717) is 0 Å². The van der Waals surface area contributed by atoms with Crippen molar-refractivity contribution >= 4 is 23.5 Å². The Morgan fingerprint density at radius 3 is 2.29 bits per heavy atom. The lowest BCUT2D eigenvalue weighted by Crippen LogP contribution is -1.90. The molecule has 0 aliphatic carbocycles. The van der Waals surface area contributed by atoms with Crippen molar-refractivity contribution in [1.82, 2.24) is 0 Å². The summed E-state index contributed by atoms with van der Waals surface area (Å²) in [6, 6.07) is 15.6. The van der Waals surface area contributed by atoms with Crippen LogP contribution in [0.5, 0.6) is 0 Å². The van der Waals surface area contributed by atoms with Gasteiger partial charge in [0, 0.05) is 5.02 Å². The van der Waals surface area contributed by atoms with Crippen LogP contribution < -0.4 is 5.43 Å². The van der Waals surface area contributed by atoms with Crippen LogP contribution in [0.1, 0.15) is 11.1 Å². The number of hydrazone groups is 1. The molecule has 2 nitrogen and oxygen atoms in total. The van der Waals surface area contributed by atoms with Gasteiger partial charge in [-0.2, -0.15) is 5.10 Å². The SMILES string of the molecule is Cc1ccc(N/N=C\c2ccc(Cl)cc2)cc1. The molecular weight excluding hydrogens is 232 g/mol. The fourth-order valence-corrected chi connectivity index (χ4v) is 1.48. The first-order valence-electron chi connectivity index (χ1n) is 5.35. The van der Waals surface area contributed by atoms with Crippen molar-refractivity contribution in [3.05, 3.63) is 64.7 Å². The maximum atomic E-state index is 5.80. The molecule has 0 unspecified atom stereocenters. The zero-order valence-electron chi connectivity index (χ0n) is 9.52. The number of aryl methyl sites for hydroxylation is 1.